The van der Waals surface area contributed by atoms with Crippen molar-refractivity contribution in [3.63, 3.8) is 0 Å². The van der Waals surface area contributed by atoms with Gasteiger partial charge in [0.2, 0.25) is 10.0 Å². The van der Waals surface area contributed by atoms with Crippen LogP contribution in [0.4, 0.5) is 5.69 Å². The zero-order valence-electron chi connectivity index (χ0n) is 19.0. The maximum absolute atomic E-state index is 12.3. The molecule has 0 radical (unpaired) electrons. The molecule has 0 unspecified atom stereocenters. The van der Waals surface area contributed by atoms with Gasteiger partial charge in [-0.25, -0.2) is 12.7 Å². The minimum absolute atomic E-state index is 0.0202. The van der Waals surface area contributed by atoms with Crippen LogP contribution in [-0.2, 0) is 24.3 Å². The molecule has 2 N–H and O–H groups in total. The zero-order valence-corrected chi connectivity index (χ0v) is 19.8. The van der Waals surface area contributed by atoms with E-state index in [4.69, 9.17) is 4.74 Å². The molecule has 0 bridgehead atoms. The fourth-order valence-electron chi connectivity index (χ4n) is 3.08. The number of sulfonamides is 1. The number of benzene rings is 3. The number of nitrogens with one attached hydrogen (secondary N) is 2. The summed E-state index contributed by atoms with van der Waals surface area (Å²) in [6, 6.07) is 17.1. The van der Waals surface area contributed by atoms with Crippen molar-refractivity contribution in [2.45, 2.75) is 11.8 Å². The molecule has 3 aromatic rings. The summed E-state index contributed by atoms with van der Waals surface area (Å²) in [5.74, 6) is -1.87. The van der Waals surface area contributed by atoms with Gasteiger partial charge < -0.3 is 15.4 Å². The Bertz CT molecular complexity index is 1350. The normalized spacial score (nSPS) is 11.3. The molecule has 10 heteroatoms. The predicted molar refractivity (Wildman–Crippen MR) is 128 cm³/mol. The molecule has 0 aliphatic rings. The van der Waals surface area contributed by atoms with Crippen LogP contribution in [0.5, 0.6) is 0 Å². The van der Waals surface area contributed by atoms with Crippen LogP contribution in [0.3, 0.4) is 0 Å². The lowest BCUT2D eigenvalue weighted by atomic mass is 10.1. The summed E-state index contributed by atoms with van der Waals surface area (Å²) in [6.07, 6.45) is 0. The van der Waals surface area contributed by atoms with Gasteiger partial charge in [-0.1, -0.05) is 36.4 Å². The molecule has 0 spiro atoms. The Balaban J connectivity index is 1.52. The average molecular weight is 484 g/mol. The van der Waals surface area contributed by atoms with Crippen LogP contribution in [0.1, 0.15) is 15.9 Å². The molecule has 178 valence electrons. The van der Waals surface area contributed by atoms with Crippen molar-refractivity contribution < 1.29 is 27.5 Å². The molecule has 0 aromatic heterocycles. The molecule has 0 aliphatic carbocycles. The van der Waals surface area contributed by atoms with E-state index in [1.807, 2.05) is 30.3 Å². The first kappa shape index (κ1) is 24.9. The topological polar surface area (TPSA) is 122 Å². The van der Waals surface area contributed by atoms with Gasteiger partial charge in [0.1, 0.15) is 6.54 Å². The molecule has 0 heterocycles. The van der Waals surface area contributed by atoms with Crippen LogP contribution in [0.15, 0.2) is 65.6 Å². The summed E-state index contributed by atoms with van der Waals surface area (Å²) < 4.78 is 30.6. The third-order valence-electron chi connectivity index (χ3n) is 5.03. The summed E-state index contributed by atoms with van der Waals surface area (Å²) in [4.78, 5) is 36.5. The highest BCUT2D eigenvalue weighted by Gasteiger charge is 2.19. The second-order valence-corrected chi connectivity index (χ2v) is 9.87. The Hall–Kier alpha value is -3.76. The number of anilines is 1. The zero-order chi connectivity index (χ0) is 24.9. The van der Waals surface area contributed by atoms with E-state index in [2.05, 4.69) is 10.6 Å². The van der Waals surface area contributed by atoms with Crippen molar-refractivity contribution in [3.8, 4) is 0 Å². The molecule has 0 atom stereocenters. The van der Waals surface area contributed by atoms with Gasteiger partial charge in [-0.05, 0) is 47.5 Å². The maximum Gasteiger partial charge on any atom is 0.325 e. The Morgan fingerprint density at radius 2 is 1.65 bits per heavy atom. The lowest BCUT2D eigenvalue weighted by molar-refractivity contribution is -0.146. The number of hydrogen-bond acceptors (Lipinski definition) is 6. The smallest absolute Gasteiger partial charge is 0.325 e. The molecule has 9 nitrogen and oxygen atoms in total. The SMILES string of the molecule is Cc1ccc(S(=O)(=O)N(C)C)cc1NC(=O)COC(=O)CNC(=O)c1ccc2ccccc2c1. The fourth-order valence-corrected chi connectivity index (χ4v) is 4.00. The minimum Gasteiger partial charge on any atom is -0.454 e. The van der Waals surface area contributed by atoms with E-state index >= 15 is 0 Å². The van der Waals surface area contributed by atoms with Gasteiger partial charge in [0.25, 0.3) is 11.8 Å². The molecular formula is C24H25N3O6S. The number of fused-ring (bicyclic) bond motifs is 1. The van der Waals surface area contributed by atoms with Gasteiger partial charge in [0.15, 0.2) is 6.61 Å². The summed E-state index contributed by atoms with van der Waals surface area (Å²) >= 11 is 0. The predicted octanol–water partition coefficient (Wildman–Crippen LogP) is 2.31. The van der Waals surface area contributed by atoms with E-state index in [-0.39, 0.29) is 10.6 Å². The van der Waals surface area contributed by atoms with Gasteiger partial charge in [-0.3, -0.25) is 14.4 Å². The first-order valence-corrected chi connectivity index (χ1v) is 11.8. The van der Waals surface area contributed by atoms with Gasteiger partial charge in [-0.15, -0.1) is 0 Å². The van der Waals surface area contributed by atoms with Crippen molar-refractivity contribution >= 4 is 44.3 Å². The van der Waals surface area contributed by atoms with Crippen molar-refractivity contribution in [2.75, 3.05) is 32.6 Å². The number of carbonyl (C=O) groups excluding carboxylic acids is 3. The second-order valence-electron chi connectivity index (χ2n) is 7.72. The molecule has 0 saturated carbocycles. The number of rotatable bonds is 8. The number of nitrogens with zero attached hydrogens (tertiary/aromatic N) is 1. The third kappa shape index (κ3) is 5.97. The van der Waals surface area contributed by atoms with Crippen LogP contribution < -0.4 is 10.6 Å². The van der Waals surface area contributed by atoms with Crippen LogP contribution in [0.25, 0.3) is 10.8 Å². The van der Waals surface area contributed by atoms with E-state index in [1.54, 1.807) is 25.1 Å². The van der Waals surface area contributed by atoms with E-state index in [9.17, 15) is 22.8 Å². The average Bonchev–Trinajstić information content (AvgIpc) is 2.82. The molecule has 0 fully saturated rings. The number of hydrogen-bond donors (Lipinski definition) is 2. The molecule has 34 heavy (non-hydrogen) atoms. The van der Waals surface area contributed by atoms with Crippen LogP contribution >= 0.6 is 0 Å². The van der Waals surface area contributed by atoms with Crippen molar-refractivity contribution in [2.24, 2.45) is 0 Å². The molecular weight excluding hydrogens is 458 g/mol. The summed E-state index contributed by atoms with van der Waals surface area (Å²) in [5.41, 5.74) is 1.32. The van der Waals surface area contributed by atoms with E-state index in [0.29, 0.717) is 11.1 Å². The molecule has 0 aliphatic heterocycles. The van der Waals surface area contributed by atoms with Gasteiger partial charge in [-0.2, -0.15) is 0 Å². The molecule has 3 rings (SSSR count). The van der Waals surface area contributed by atoms with Crippen molar-refractivity contribution in [1.82, 2.24) is 9.62 Å². The summed E-state index contributed by atoms with van der Waals surface area (Å²) in [6.45, 7) is 0.708. The highest BCUT2D eigenvalue weighted by molar-refractivity contribution is 7.89. The Morgan fingerprint density at radius 3 is 2.35 bits per heavy atom. The highest BCUT2D eigenvalue weighted by Crippen LogP contribution is 2.22. The lowest BCUT2D eigenvalue weighted by Crippen LogP contribution is -2.32. The van der Waals surface area contributed by atoms with Crippen LogP contribution in [-0.4, -0.2) is 57.8 Å². The quantitative estimate of drug-likeness (QED) is 0.474. The van der Waals surface area contributed by atoms with Crippen molar-refractivity contribution in [1.29, 1.82) is 0 Å². The molecule has 2 amide bonds. The summed E-state index contributed by atoms with van der Waals surface area (Å²) in [5, 5.41) is 6.89. The van der Waals surface area contributed by atoms with E-state index < -0.39 is 41.0 Å². The number of amides is 2. The molecule has 3 aromatic carbocycles. The number of carbonyl (C=O) groups is 3. The first-order chi connectivity index (χ1) is 16.1. The fraction of sp³-hybridized carbons (Fsp3) is 0.208. The standard InChI is InChI=1S/C24H25N3O6S/c1-16-8-11-20(34(31,32)27(2)3)13-21(16)26-22(28)15-33-23(29)14-25-24(30)19-10-9-17-6-4-5-7-18(17)12-19/h4-13H,14-15H2,1-3H3,(H,25,30)(H,26,28). The van der Waals surface area contributed by atoms with Gasteiger partial charge >= 0.3 is 5.97 Å². The van der Waals surface area contributed by atoms with E-state index in [1.165, 1.54) is 26.2 Å². The summed E-state index contributed by atoms with van der Waals surface area (Å²) in [7, 11) is -0.855. The van der Waals surface area contributed by atoms with Gasteiger partial charge in [0, 0.05) is 25.3 Å². The van der Waals surface area contributed by atoms with E-state index in [0.717, 1.165) is 15.1 Å². The lowest BCUT2D eigenvalue weighted by Gasteiger charge is -2.14. The monoisotopic (exact) mass is 483 g/mol. The van der Waals surface area contributed by atoms with Gasteiger partial charge in [0.05, 0.1) is 4.90 Å². The maximum atomic E-state index is 12.3. The Morgan fingerprint density at radius 1 is 0.941 bits per heavy atom. The number of aryl methyl sites for hydroxylation is 1. The van der Waals surface area contributed by atoms with Crippen LogP contribution in [0, 0.1) is 6.92 Å². The number of ether oxygens (including phenoxy) is 1. The minimum atomic E-state index is -3.67. The largest absolute Gasteiger partial charge is 0.454 e. The molecule has 0 saturated heterocycles. The number of esters is 1. The van der Waals surface area contributed by atoms with Crippen LogP contribution in [0.2, 0.25) is 0 Å². The van der Waals surface area contributed by atoms with Crippen molar-refractivity contribution in [3.05, 3.63) is 71.8 Å². The second kappa shape index (κ2) is 10.4. The Labute approximate surface area is 197 Å². The third-order valence-corrected chi connectivity index (χ3v) is 6.84. The highest BCUT2D eigenvalue weighted by atomic mass is 32.2. The Kier molecular flexibility index (Phi) is 7.64. The first-order valence-electron chi connectivity index (χ1n) is 10.3.